The second kappa shape index (κ2) is 5.24. The van der Waals surface area contributed by atoms with Crippen molar-refractivity contribution >= 4 is 11.6 Å². The summed E-state index contributed by atoms with van der Waals surface area (Å²) in [6, 6.07) is 8.23. The van der Waals surface area contributed by atoms with Crippen LogP contribution in [0.4, 0.5) is 5.69 Å². The number of amides is 1. The molecule has 0 saturated carbocycles. The lowest BCUT2D eigenvalue weighted by molar-refractivity contribution is -0.121. The first-order chi connectivity index (χ1) is 10.1. The molecule has 1 aromatic heterocycles. The second-order valence-corrected chi connectivity index (χ2v) is 6.08. The first-order valence-corrected chi connectivity index (χ1v) is 7.20. The van der Waals surface area contributed by atoms with Crippen molar-refractivity contribution in [3.05, 3.63) is 48.0 Å². The van der Waals surface area contributed by atoms with E-state index in [0.717, 1.165) is 17.9 Å². The van der Waals surface area contributed by atoms with E-state index in [0.29, 0.717) is 12.8 Å². The van der Waals surface area contributed by atoms with Crippen molar-refractivity contribution in [1.82, 2.24) is 15.4 Å². The van der Waals surface area contributed by atoms with Gasteiger partial charge >= 0.3 is 0 Å². The summed E-state index contributed by atoms with van der Waals surface area (Å²) in [6.45, 7) is 5.18. The molecule has 2 N–H and O–H groups in total. The zero-order valence-corrected chi connectivity index (χ0v) is 12.4. The van der Waals surface area contributed by atoms with Crippen molar-refractivity contribution in [2.45, 2.75) is 32.1 Å². The highest BCUT2D eigenvalue weighted by atomic mass is 16.2. The van der Waals surface area contributed by atoms with Crippen LogP contribution < -0.4 is 10.4 Å². The first kappa shape index (κ1) is 13.7. The number of hydrazine groups is 1. The quantitative estimate of drug-likeness (QED) is 0.904. The number of aromatic amines is 1. The van der Waals surface area contributed by atoms with Crippen molar-refractivity contribution in [2.24, 2.45) is 0 Å². The highest BCUT2D eigenvalue weighted by Crippen LogP contribution is 2.38. The van der Waals surface area contributed by atoms with Crippen LogP contribution in [0.3, 0.4) is 0 Å². The molecule has 0 unspecified atom stereocenters. The van der Waals surface area contributed by atoms with E-state index in [9.17, 15) is 4.79 Å². The van der Waals surface area contributed by atoms with Crippen molar-refractivity contribution in [1.29, 1.82) is 0 Å². The van der Waals surface area contributed by atoms with E-state index < -0.39 is 0 Å². The number of rotatable bonds is 4. The van der Waals surface area contributed by atoms with E-state index in [1.54, 1.807) is 6.33 Å². The van der Waals surface area contributed by atoms with Crippen LogP contribution in [0.2, 0.25) is 0 Å². The van der Waals surface area contributed by atoms with Crippen LogP contribution in [0.1, 0.15) is 31.5 Å². The van der Waals surface area contributed by atoms with Gasteiger partial charge in [0.25, 0.3) is 0 Å². The smallest absolute Gasteiger partial charge is 0.238 e. The summed E-state index contributed by atoms with van der Waals surface area (Å²) in [4.78, 5) is 19.2. The number of H-pyrrole nitrogens is 1. The Labute approximate surface area is 124 Å². The Morgan fingerprint density at radius 3 is 3.00 bits per heavy atom. The van der Waals surface area contributed by atoms with Gasteiger partial charge in [-0.05, 0) is 18.1 Å². The Bertz CT molecular complexity index is 633. The van der Waals surface area contributed by atoms with Crippen LogP contribution in [0.5, 0.6) is 0 Å². The van der Waals surface area contributed by atoms with Crippen LogP contribution in [-0.4, -0.2) is 22.4 Å². The summed E-state index contributed by atoms with van der Waals surface area (Å²) in [6.07, 6.45) is 4.53. The summed E-state index contributed by atoms with van der Waals surface area (Å²) in [5.41, 5.74) is 6.34. The van der Waals surface area contributed by atoms with Crippen LogP contribution in [-0.2, 0) is 16.6 Å². The number of imidazole rings is 1. The highest BCUT2D eigenvalue weighted by Gasteiger charge is 2.35. The predicted molar refractivity (Wildman–Crippen MR) is 81.9 cm³/mol. The average Bonchev–Trinajstić information content (AvgIpc) is 3.05. The van der Waals surface area contributed by atoms with Gasteiger partial charge in [-0.3, -0.25) is 15.2 Å². The van der Waals surface area contributed by atoms with Gasteiger partial charge in [-0.25, -0.2) is 4.98 Å². The Morgan fingerprint density at radius 2 is 2.24 bits per heavy atom. The summed E-state index contributed by atoms with van der Waals surface area (Å²) in [7, 11) is 0. The molecule has 5 heteroatoms. The molecule has 2 aromatic rings. The number of nitrogens with one attached hydrogen (secondary N) is 2. The molecule has 0 bridgehead atoms. The Morgan fingerprint density at radius 1 is 1.43 bits per heavy atom. The Hall–Kier alpha value is -2.30. The molecule has 1 aliphatic heterocycles. The molecule has 0 aliphatic carbocycles. The maximum atomic E-state index is 12.1. The first-order valence-electron chi connectivity index (χ1n) is 7.20. The molecule has 0 atom stereocenters. The number of anilines is 1. The van der Waals surface area contributed by atoms with Crippen molar-refractivity contribution in [2.75, 3.05) is 11.6 Å². The number of fused-ring (bicyclic) bond motifs is 1. The van der Waals surface area contributed by atoms with Crippen LogP contribution in [0.15, 0.2) is 36.8 Å². The summed E-state index contributed by atoms with van der Waals surface area (Å²) < 4.78 is 0. The predicted octanol–water partition coefficient (Wildman–Crippen LogP) is 2.17. The molecule has 5 nitrogen and oxygen atoms in total. The topological polar surface area (TPSA) is 61.0 Å². The number of para-hydroxylation sites is 1. The van der Waals surface area contributed by atoms with E-state index in [-0.39, 0.29) is 11.3 Å². The number of carbonyl (C=O) groups excluding carboxylic acids is 1. The zero-order chi connectivity index (χ0) is 14.9. The third-order valence-corrected chi connectivity index (χ3v) is 3.90. The lowest BCUT2D eigenvalue weighted by Crippen LogP contribution is -2.43. The van der Waals surface area contributed by atoms with E-state index in [1.807, 2.05) is 23.3 Å². The number of nitrogens with zero attached hydrogens (tertiary/aromatic N) is 2. The van der Waals surface area contributed by atoms with E-state index in [4.69, 9.17) is 0 Å². The fourth-order valence-corrected chi connectivity index (χ4v) is 2.82. The monoisotopic (exact) mass is 284 g/mol. The molecule has 3 rings (SSSR count). The minimum Gasteiger partial charge on any atom is -0.351 e. The van der Waals surface area contributed by atoms with Gasteiger partial charge in [0.15, 0.2) is 0 Å². The van der Waals surface area contributed by atoms with Crippen LogP contribution >= 0.6 is 0 Å². The fourth-order valence-electron chi connectivity index (χ4n) is 2.82. The number of hydrogen-bond donors (Lipinski definition) is 2. The Kier molecular flexibility index (Phi) is 3.41. The molecule has 2 heterocycles. The van der Waals surface area contributed by atoms with Crippen molar-refractivity contribution < 1.29 is 4.79 Å². The van der Waals surface area contributed by atoms with Crippen LogP contribution in [0, 0.1) is 0 Å². The maximum absolute atomic E-state index is 12.1. The van der Waals surface area contributed by atoms with Crippen molar-refractivity contribution in [3.8, 4) is 0 Å². The number of carbonyl (C=O) groups is 1. The average molecular weight is 284 g/mol. The van der Waals surface area contributed by atoms with E-state index in [1.165, 1.54) is 5.56 Å². The highest BCUT2D eigenvalue weighted by molar-refractivity contribution is 5.79. The third kappa shape index (κ3) is 2.77. The number of benzene rings is 1. The van der Waals surface area contributed by atoms with E-state index >= 15 is 0 Å². The van der Waals surface area contributed by atoms with Crippen LogP contribution in [0.25, 0.3) is 0 Å². The molecule has 0 fully saturated rings. The largest absolute Gasteiger partial charge is 0.351 e. The molecule has 1 aliphatic rings. The number of hydrogen-bond acceptors (Lipinski definition) is 3. The third-order valence-electron chi connectivity index (χ3n) is 3.90. The summed E-state index contributed by atoms with van der Waals surface area (Å²) in [5, 5.41) is 1.96. The molecular weight excluding hydrogens is 264 g/mol. The second-order valence-electron chi connectivity index (χ2n) is 6.08. The SMILES string of the molecule is CC1(C)CN(NC(=O)CCc2c[nH]cn2)c2ccccc21. The van der Waals surface area contributed by atoms with Crippen molar-refractivity contribution in [3.63, 3.8) is 0 Å². The van der Waals surface area contributed by atoms with Gasteiger partial charge in [0.2, 0.25) is 5.91 Å². The van der Waals surface area contributed by atoms with Gasteiger partial charge in [0.1, 0.15) is 0 Å². The molecular formula is C16H20N4O. The number of aromatic nitrogens is 2. The maximum Gasteiger partial charge on any atom is 0.238 e. The minimum absolute atomic E-state index is 0.0190. The standard InChI is InChI=1S/C16H20N4O/c1-16(2)10-20(14-6-4-3-5-13(14)16)19-15(21)8-7-12-9-17-11-18-12/h3-6,9,11H,7-8,10H2,1-2H3,(H,17,18)(H,19,21). The molecule has 21 heavy (non-hydrogen) atoms. The van der Waals surface area contributed by atoms with Gasteiger partial charge in [0.05, 0.1) is 17.7 Å². The fraction of sp³-hybridized carbons (Fsp3) is 0.375. The van der Waals surface area contributed by atoms with E-state index in [2.05, 4.69) is 41.4 Å². The molecule has 0 radical (unpaired) electrons. The van der Waals surface area contributed by atoms with Gasteiger partial charge in [-0.1, -0.05) is 32.0 Å². The molecule has 0 spiro atoms. The number of aryl methyl sites for hydroxylation is 1. The summed E-state index contributed by atoms with van der Waals surface area (Å²) in [5.74, 6) is 0.0190. The zero-order valence-electron chi connectivity index (χ0n) is 12.4. The molecule has 110 valence electrons. The normalized spacial score (nSPS) is 15.8. The molecule has 1 aromatic carbocycles. The van der Waals surface area contributed by atoms with Gasteiger partial charge in [-0.15, -0.1) is 0 Å². The summed E-state index contributed by atoms with van der Waals surface area (Å²) >= 11 is 0. The Balaban J connectivity index is 1.65. The van der Waals surface area contributed by atoms with Gasteiger partial charge < -0.3 is 4.98 Å². The molecule has 0 saturated heterocycles. The minimum atomic E-state index is 0.0190. The molecule has 1 amide bonds. The lowest BCUT2D eigenvalue weighted by atomic mass is 9.87. The van der Waals surface area contributed by atoms with Gasteiger partial charge in [-0.2, -0.15) is 0 Å². The van der Waals surface area contributed by atoms with Gasteiger partial charge in [0, 0.05) is 24.6 Å². The lowest BCUT2D eigenvalue weighted by Gasteiger charge is -2.23.